The van der Waals surface area contributed by atoms with Crippen molar-refractivity contribution in [3.8, 4) is 11.5 Å². The van der Waals surface area contributed by atoms with Crippen LogP contribution < -0.4 is 9.64 Å². The van der Waals surface area contributed by atoms with Crippen molar-refractivity contribution in [2.24, 2.45) is 0 Å². The summed E-state index contributed by atoms with van der Waals surface area (Å²) in [5.74, 6) is -0.616. The van der Waals surface area contributed by atoms with Crippen LogP contribution in [0.2, 0.25) is 0 Å². The van der Waals surface area contributed by atoms with Crippen LogP contribution in [0.5, 0.6) is 11.5 Å². The fraction of sp³-hybridized carbons (Fsp3) is 0.333. The third-order valence-corrected chi connectivity index (χ3v) is 5.92. The Kier molecular flexibility index (Phi) is 4.91. The van der Waals surface area contributed by atoms with Crippen LogP contribution in [-0.4, -0.2) is 54.5 Å². The second-order valence-electron chi connectivity index (χ2n) is 7.56. The molecule has 4 rings (SSSR count). The molecule has 2 heterocycles. The van der Waals surface area contributed by atoms with Crippen molar-refractivity contribution in [2.75, 3.05) is 25.5 Å². The third-order valence-electron chi connectivity index (χ3n) is 5.92. The number of hydrogen-bond acceptors (Lipinski definition) is 6. The number of aromatic hydroxyl groups is 1. The summed E-state index contributed by atoms with van der Waals surface area (Å²) in [5, 5.41) is 9.89. The molecule has 2 aromatic rings. The summed E-state index contributed by atoms with van der Waals surface area (Å²) >= 11 is 0. The van der Waals surface area contributed by atoms with Gasteiger partial charge in [-0.15, -0.1) is 0 Å². The topological polar surface area (TPSA) is 102 Å². The third kappa shape index (κ3) is 2.75. The van der Waals surface area contributed by atoms with Gasteiger partial charge in [-0.2, -0.15) is 0 Å². The summed E-state index contributed by atoms with van der Waals surface area (Å²) < 4.78 is 5.52. The molecule has 1 saturated heterocycles. The molecule has 1 unspecified atom stereocenters. The van der Waals surface area contributed by atoms with E-state index in [1.165, 1.54) is 12.1 Å². The average Bonchev–Trinajstić information content (AvgIpc) is 3.07. The lowest BCUT2D eigenvalue weighted by molar-refractivity contribution is 0.0730. The van der Waals surface area contributed by atoms with Crippen molar-refractivity contribution in [1.82, 2.24) is 4.90 Å². The number of fused-ring (bicyclic) bond motifs is 3. The van der Waals surface area contributed by atoms with Crippen LogP contribution >= 0.6 is 0 Å². The number of likely N-dealkylation sites (N-methyl/N-ethyl adjacent to an activating group) is 2. The van der Waals surface area contributed by atoms with E-state index in [1.807, 2.05) is 13.1 Å². The normalized spacial score (nSPS) is 23.0. The highest BCUT2D eigenvalue weighted by Crippen LogP contribution is 2.52. The molecule has 2 aromatic carbocycles. The molecule has 0 radical (unpaired) electrons. The predicted octanol–water partition coefficient (Wildman–Crippen LogP) is 1.97. The van der Waals surface area contributed by atoms with Gasteiger partial charge in [0, 0.05) is 24.7 Å². The molecule has 0 aromatic heterocycles. The Hall–Kier alpha value is -2.90. The van der Waals surface area contributed by atoms with Gasteiger partial charge < -0.3 is 20.2 Å². The molecule has 1 fully saturated rings. The van der Waals surface area contributed by atoms with E-state index in [1.54, 1.807) is 18.2 Å². The number of esters is 1. The number of likely N-dealkylation sites (tertiary alicyclic amines) is 1. The molecule has 0 saturated carbocycles. The Bertz CT molecular complexity index is 944. The van der Waals surface area contributed by atoms with Crippen LogP contribution in [0.25, 0.3) is 0 Å². The lowest BCUT2D eigenvalue weighted by atomic mass is 9.81. The quantitative estimate of drug-likeness (QED) is 0.493. The maximum atomic E-state index is 12.5. The fourth-order valence-corrected chi connectivity index (χ4v) is 4.59. The maximum absolute atomic E-state index is 12.5. The molecule has 0 aliphatic carbocycles. The summed E-state index contributed by atoms with van der Waals surface area (Å²) in [6.45, 7) is 3.19. The number of aldehydes is 1. The lowest BCUT2D eigenvalue weighted by Gasteiger charge is -2.32. The number of carbonyl (C=O) groups is 2. The molecule has 2 aliphatic heterocycles. The number of benzene rings is 2. The van der Waals surface area contributed by atoms with Crippen molar-refractivity contribution in [3.63, 3.8) is 0 Å². The molecule has 0 spiro atoms. The van der Waals surface area contributed by atoms with Crippen LogP contribution in [0.1, 0.15) is 39.6 Å². The number of phenols is 1. The molecular formula is C21H24N2O5. The van der Waals surface area contributed by atoms with Gasteiger partial charge in [0.1, 0.15) is 17.1 Å². The van der Waals surface area contributed by atoms with Gasteiger partial charge in [-0.25, -0.2) is 4.79 Å². The van der Waals surface area contributed by atoms with Gasteiger partial charge in [-0.3, -0.25) is 9.69 Å². The molecule has 3 N–H and O–H groups in total. The van der Waals surface area contributed by atoms with Crippen LogP contribution in [0.4, 0.5) is 5.69 Å². The maximum Gasteiger partial charge on any atom is 0.347 e. The molecule has 148 valence electrons. The minimum absolute atomic E-state index is 0. The molecule has 28 heavy (non-hydrogen) atoms. The largest absolute Gasteiger partial charge is 0.507 e. The highest BCUT2D eigenvalue weighted by atomic mass is 16.5. The zero-order valence-electron chi connectivity index (χ0n) is 16.1. The highest BCUT2D eigenvalue weighted by Gasteiger charge is 2.52. The number of nitrogens with zero attached hydrogens (tertiary/aromatic N) is 2. The minimum atomic E-state index is -0.687. The Balaban J connectivity index is 0.00000225. The predicted molar refractivity (Wildman–Crippen MR) is 105 cm³/mol. The lowest BCUT2D eigenvalue weighted by Crippen LogP contribution is -2.45. The van der Waals surface area contributed by atoms with E-state index in [2.05, 4.69) is 23.8 Å². The Labute approximate surface area is 163 Å². The van der Waals surface area contributed by atoms with E-state index in [0.717, 1.165) is 24.2 Å². The van der Waals surface area contributed by atoms with Crippen LogP contribution in [0, 0.1) is 0 Å². The van der Waals surface area contributed by atoms with E-state index in [9.17, 15) is 14.7 Å². The van der Waals surface area contributed by atoms with Crippen molar-refractivity contribution < 1.29 is 24.9 Å². The van der Waals surface area contributed by atoms with E-state index >= 15 is 0 Å². The first kappa shape index (κ1) is 19.9. The molecule has 0 bridgehead atoms. The smallest absolute Gasteiger partial charge is 0.347 e. The van der Waals surface area contributed by atoms with Gasteiger partial charge in [0.05, 0.1) is 11.7 Å². The summed E-state index contributed by atoms with van der Waals surface area (Å²) in [7, 11) is 4.12. The zero-order chi connectivity index (χ0) is 19.3. The average molecular weight is 384 g/mol. The summed E-state index contributed by atoms with van der Waals surface area (Å²) in [5.41, 5.74) is 2.34. The Morgan fingerprint density at radius 2 is 2.00 bits per heavy atom. The van der Waals surface area contributed by atoms with Crippen LogP contribution in [-0.2, 0) is 5.41 Å². The van der Waals surface area contributed by atoms with Gasteiger partial charge in [0.2, 0.25) is 0 Å². The SMILES string of the molecule is CN1CC[C@@]2(C)c3cc(OC(=O)c4ccccc4O)c(C=O)cc3N(C)C12.O. The van der Waals surface area contributed by atoms with E-state index < -0.39 is 5.97 Å². The summed E-state index contributed by atoms with van der Waals surface area (Å²) in [6.07, 6.45) is 1.89. The monoisotopic (exact) mass is 384 g/mol. The van der Waals surface area contributed by atoms with Crippen LogP contribution in [0.15, 0.2) is 36.4 Å². The van der Waals surface area contributed by atoms with E-state index in [-0.39, 0.29) is 34.1 Å². The minimum Gasteiger partial charge on any atom is -0.507 e. The Morgan fingerprint density at radius 1 is 1.29 bits per heavy atom. The first-order valence-electron chi connectivity index (χ1n) is 8.94. The van der Waals surface area contributed by atoms with Crippen LogP contribution in [0.3, 0.4) is 0 Å². The molecule has 2 atom stereocenters. The van der Waals surface area contributed by atoms with Crippen molar-refractivity contribution in [1.29, 1.82) is 0 Å². The number of rotatable bonds is 3. The second-order valence-corrected chi connectivity index (χ2v) is 7.56. The molecule has 7 heteroatoms. The second kappa shape index (κ2) is 6.92. The molecular weight excluding hydrogens is 360 g/mol. The number of para-hydroxylation sites is 1. The van der Waals surface area contributed by atoms with Gasteiger partial charge in [0.25, 0.3) is 0 Å². The first-order valence-corrected chi connectivity index (χ1v) is 8.94. The summed E-state index contributed by atoms with van der Waals surface area (Å²) in [6, 6.07) is 9.79. The zero-order valence-corrected chi connectivity index (χ0v) is 16.1. The number of anilines is 1. The first-order chi connectivity index (χ1) is 12.9. The van der Waals surface area contributed by atoms with E-state index in [0.29, 0.717) is 11.8 Å². The number of hydrogen-bond donors (Lipinski definition) is 1. The highest BCUT2D eigenvalue weighted by molar-refractivity contribution is 5.95. The van der Waals surface area contributed by atoms with Gasteiger partial charge in [-0.05, 0) is 43.3 Å². The van der Waals surface area contributed by atoms with Gasteiger partial charge in [-0.1, -0.05) is 19.1 Å². The fourth-order valence-electron chi connectivity index (χ4n) is 4.59. The molecule has 2 aliphatic rings. The molecule has 0 amide bonds. The summed E-state index contributed by atoms with van der Waals surface area (Å²) in [4.78, 5) is 28.6. The van der Waals surface area contributed by atoms with Crippen molar-refractivity contribution in [2.45, 2.75) is 24.9 Å². The molecule has 7 nitrogen and oxygen atoms in total. The van der Waals surface area contributed by atoms with Gasteiger partial charge in [0.15, 0.2) is 6.29 Å². The Morgan fingerprint density at radius 3 is 2.68 bits per heavy atom. The number of carbonyl (C=O) groups excluding carboxylic acids is 2. The standard InChI is InChI=1S/C21H22N2O4.H2O/c1-21-8-9-22(2)20(21)23(3)16-10-13(12-24)18(11-15(16)21)27-19(26)14-6-4-5-7-17(14)25;/h4-7,10-12,20,25H,8-9H2,1-3H3;1H2/t20?,21-;/m0./s1. The van der Waals surface area contributed by atoms with Crippen molar-refractivity contribution in [3.05, 3.63) is 53.1 Å². The van der Waals surface area contributed by atoms with Crippen molar-refractivity contribution >= 4 is 17.9 Å². The number of phenolic OH excluding ortho intramolecular Hbond substituents is 1. The number of ether oxygens (including phenoxy) is 1. The van der Waals surface area contributed by atoms with Gasteiger partial charge >= 0.3 is 5.97 Å². The van der Waals surface area contributed by atoms with E-state index in [4.69, 9.17) is 4.74 Å².